The summed E-state index contributed by atoms with van der Waals surface area (Å²) >= 11 is 0. The maximum atomic E-state index is 11.2. The molecule has 1 atom stereocenters. The van der Waals surface area contributed by atoms with E-state index in [4.69, 9.17) is 4.74 Å². The highest BCUT2D eigenvalue weighted by Gasteiger charge is 2.21. The minimum atomic E-state index is -0.817. The van der Waals surface area contributed by atoms with Crippen molar-refractivity contribution in [3.8, 4) is 5.75 Å². The van der Waals surface area contributed by atoms with Gasteiger partial charge in [0.2, 0.25) is 0 Å². The first-order valence-corrected chi connectivity index (χ1v) is 6.06. The average molecular weight is 262 g/mol. The Morgan fingerprint density at radius 2 is 2.21 bits per heavy atom. The molecule has 0 amide bonds. The van der Waals surface area contributed by atoms with Gasteiger partial charge in [0.1, 0.15) is 11.8 Å². The molecule has 0 saturated heterocycles. The number of benzene rings is 1. The number of aromatic amines is 1. The van der Waals surface area contributed by atoms with E-state index in [0.717, 1.165) is 22.2 Å². The number of fused-ring (bicyclic) bond motifs is 1. The van der Waals surface area contributed by atoms with E-state index in [1.165, 1.54) is 0 Å². The smallest absolute Gasteiger partial charge is 0.321 e. The Balaban J connectivity index is 2.36. The first kappa shape index (κ1) is 13.4. The third kappa shape index (κ3) is 2.71. The second-order valence-electron chi connectivity index (χ2n) is 4.75. The van der Waals surface area contributed by atoms with Crippen molar-refractivity contribution in [3.63, 3.8) is 0 Å². The summed E-state index contributed by atoms with van der Waals surface area (Å²) in [6.45, 7) is 0. The number of nitrogens with zero attached hydrogens (tertiary/aromatic N) is 1. The fourth-order valence-electron chi connectivity index (χ4n) is 2.15. The van der Waals surface area contributed by atoms with Gasteiger partial charge >= 0.3 is 5.97 Å². The zero-order valence-electron chi connectivity index (χ0n) is 11.3. The van der Waals surface area contributed by atoms with Gasteiger partial charge < -0.3 is 14.8 Å². The van der Waals surface area contributed by atoms with Crippen LogP contribution in [0.2, 0.25) is 0 Å². The van der Waals surface area contributed by atoms with Crippen molar-refractivity contribution in [1.29, 1.82) is 0 Å². The molecule has 0 aliphatic rings. The molecule has 0 bridgehead atoms. The maximum Gasteiger partial charge on any atom is 0.321 e. The van der Waals surface area contributed by atoms with Gasteiger partial charge in [-0.1, -0.05) is 0 Å². The van der Waals surface area contributed by atoms with Crippen LogP contribution in [0.15, 0.2) is 24.4 Å². The standard InChI is InChI=1S/C14H18N2O3/c1-16(2)13(14(17)18)6-9-8-15-12-5-4-10(19-3)7-11(9)12/h4-5,7-8,13,15H,6H2,1-3H3,(H,17,18)/t13-/m0/s1. The lowest BCUT2D eigenvalue weighted by atomic mass is 10.0. The summed E-state index contributed by atoms with van der Waals surface area (Å²) in [5, 5.41) is 10.2. The van der Waals surface area contributed by atoms with Gasteiger partial charge in [-0.15, -0.1) is 0 Å². The molecular weight excluding hydrogens is 244 g/mol. The highest BCUT2D eigenvalue weighted by molar-refractivity contribution is 5.85. The molecule has 2 rings (SSSR count). The van der Waals surface area contributed by atoms with Crippen LogP contribution in [-0.2, 0) is 11.2 Å². The van der Waals surface area contributed by atoms with Gasteiger partial charge in [-0.25, -0.2) is 0 Å². The number of nitrogens with one attached hydrogen (secondary N) is 1. The normalized spacial score (nSPS) is 12.8. The van der Waals surface area contributed by atoms with Crippen LogP contribution in [-0.4, -0.2) is 48.2 Å². The number of aliphatic carboxylic acids is 1. The number of likely N-dealkylation sites (N-methyl/N-ethyl adjacent to an activating group) is 1. The third-order valence-electron chi connectivity index (χ3n) is 3.30. The quantitative estimate of drug-likeness (QED) is 0.861. The van der Waals surface area contributed by atoms with Crippen molar-refractivity contribution in [2.45, 2.75) is 12.5 Å². The first-order valence-electron chi connectivity index (χ1n) is 6.06. The number of aromatic nitrogens is 1. The minimum Gasteiger partial charge on any atom is -0.497 e. The summed E-state index contributed by atoms with van der Waals surface area (Å²) in [7, 11) is 5.16. The molecule has 2 N–H and O–H groups in total. The predicted octanol–water partition coefficient (Wildman–Crippen LogP) is 1.73. The Bertz CT molecular complexity index is 589. The molecule has 0 fully saturated rings. The van der Waals surface area contributed by atoms with Gasteiger partial charge in [0.15, 0.2) is 0 Å². The highest BCUT2D eigenvalue weighted by Crippen LogP contribution is 2.25. The van der Waals surface area contributed by atoms with Crippen LogP contribution < -0.4 is 4.74 Å². The second kappa shape index (κ2) is 5.32. The summed E-state index contributed by atoms with van der Waals surface area (Å²) in [6, 6.07) is 5.20. The zero-order chi connectivity index (χ0) is 14.0. The van der Waals surface area contributed by atoms with Crippen molar-refractivity contribution in [1.82, 2.24) is 9.88 Å². The molecule has 5 heteroatoms. The van der Waals surface area contributed by atoms with Gasteiger partial charge in [-0.2, -0.15) is 0 Å². The summed E-state index contributed by atoms with van der Waals surface area (Å²) in [5.74, 6) is -0.0488. The lowest BCUT2D eigenvalue weighted by Gasteiger charge is -2.19. The fraction of sp³-hybridized carbons (Fsp3) is 0.357. The number of carbonyl (C=O) groups is 1. The summed E-state index contributed by atoms with van der Waals surface area (Å²) < 4.78 is 5.21. The number of carboxylic acids is 1. The molecule has 0 saturated carbocycles. The molecule has 1 heterocycles. The number of rotatable bonds is 5. The van der Waals surface area contributed by atoms with Gasteiger partial charge in [0, 0.05) is 23.5 Å². The SMILES string of the molecule is COc1ccc2[nH]cc(C[C@@H](C(=O)O)N(C)C)c2c1. The number of ether oxygens (including phenoxy) is 1. The lowest BCUT2D eigenvalue weighted by molar-refractivity contribution is -0.142. The minimum absolute atomic E-state index is 0.454. The number of hydrogen-bond donors (Lipinski definition) is 2. The maximum absolute atomic E-state index is 11.2. The molecule has 0 unspecified atom stereocenters. The van der Waals surface area contributed by atoms with E-state index < -0.39 is 12.0 Å². The molecule has 1 aromatic carbocycles. The van der Waals surface area contributed by atoms with Crippen LogP contribution in [0.5, 0.6) is 5.75 Å². The van der Waals surface area contributed by atoms with Crippen LogP contribution in [0.4, 0.5) is 0 Å². The van der Waals surface area contributed by atoms with Crippen molar-refractivity contribution in [2.24, 2.45) is 0 Å². The van der Waals surface area contributed by atoms with E-state index in [2.05, 4.69) is 4.98 Å². The van der Waals surface area contributed by atoms with Gasteiger partial charge in [-0.3, -0.25) is 9.69 Å². The third-order valence-corrected chi connectivity index (χ3v) is 3.30. The van der Waals surface area contributed by atoms with E-state index in [9.17, 15) is 9.90 Å². The van der Waals surface area contributed by atoms with Crippen molar-refractivity contribution in [3.05, 3.63) is 30.0 Å². The van der Waals surface area contributed by atoms with Crippen LogP contribution in [0.1, 0.15) is 5.56 Å². The average Bonchev–Trinajstić information content (AvgIpc) is 2.77. The Morgan fingerprint density at radius 1 is 1.47 bits per heavy atom. The molecule has 5 nitrogen and oxygen atoms in total. The molecule has 0 radical (unpaired) electrons. The zero-order valence-corrected chi connectivity index (χ0v) is 11.3. The number of H-pyrrole nitrogens is 1. The monoisotopic (exact) mass is 262 g/mol. The topological polar surface area (TPSA) is 65.6 Å². The number of methoxy groups -OCH3 is 1. The van der Waals surface area contributed by atoms with Crippen LogP contribution in [0, 0.1) is 0 Å². The molecule has 0 spiro atoms. The predicted molar refractivity (Wildman–Crippen MR) is 73.7 cm³/mol. The Kier molecular flexibility index (Phi) is 3.76. The van der Waals surface area contributed by atoms with Crippen molar-refractivity contribution in [2.75, 3.05) is 21.2 Å². The van der Waals surface area contributed by atoms with Crippen molar-refractivity contribution < 1.29 is 14.6 Å². The molecule has 2 aromatic rings. The molecule has 102 valence electrons. The Labute approximate surface area is 111 Å². The van der Waals surface area contributed by atoms with E-state index in [1.54, 1.807) is 26.1 Å². The van der Waals surface area contributed by atoms with Crippen LogP contribution >= 0.6 is 0 Å². The summed E-state index contributed by atoms with van der Waals surface area (Å²) in [6.07, 6.45) is 2.32. The van der Waals surface area contributed by atoms with Gasteiger partial charge in [-0.05, 0) is 37.9 Å². The number of hydrogen-bond acceptors (Lipinski definition) is 3. The van der Waals surface area contributed by atoms with Crippen LogP contribution in [0.3, 0.4) is 0 Å². The Morgan fingerprint density at radius 3 is 2.79 bits per heavy atom. The van der Waals surface area contributed by atoms with Crippen LogP contribution in [0.25, 0.3) is 10.9 Å². The molecule has 19 heavy (non-hydrogen) atoms. The highest BCUT2D eigenvalue weighted by atomic mass is 16.5. The van der Waals surface area contributed by atoms with Crippen molar-refractivity contribution >= 4 is 16.9 Å². The van der Waals surface area contributed by atoms with Gasteiger partial charge in [0.25, 0.3) is 0 Å². The number of carboxylic acid groups (broad SMARTS) is 1. The first-order chi connectivity index (χ1) is 9.02. The molecule has 0 aliphatic heterocycles. The van der Waals surface area contributed by atoms with E-state index in [-0.39, 0.29) is 0 Å². The van der Waals surface area contributed by atoms with Gasteiger partial charge in [0.05, 0.1) is 7.11 Å². The molecule has 1 aromatic heterocycles. The fourth-order valence-corrected chi connectivity index (χ4v) is 2.15. The second-order valence-corrected chi connectivity index (χ2v) is 4.75. The summed E-state index contributed by atoms with van der Waals surface area (Å²) in [4.78, 5) is 16.1. The van der Waals surface area contributed by atoms with E-state index >= 15 is 0 Å². The molecule has 0 aliphatic carbocycles. The van der Waals surface area contributed by atoms with E-state index in [0.29, 0.717) is 6.42 Å². The lowest BCUT2D eigenvalue weighted by Crippen LogP contribution is -2.37. The Hall–Kier alpha value is -2.01. The summed E-state index contributed by atoms with van der Waals surface area (Å²) in [5.41, 5.74) is 1.97. The molecular formula is C14H18N2O3. The largest absolute Gasteiger partial charge is 0.497 e. The van der Waals surface area contributed by atoms with E-state index in [1.807, 2.05) is 24.4 Å².